The molecular weight excluding hydrogens is 533 g/mol. The van der Waals surface area contributed by atoms with E-state index in [1.807, 2.05) is 30.3 Å². The highest BCUT2D eigenvalue weighted by atomic mass is 35.5. The second kappa shape index (κ2) is 10.1. The van der Waals surface area contributed by atoms with Gasteiger partial charge in [-0.15, -0.1) is 11.8 Å². The highest BCUT2D eigenvalue weighted by molar-refractivity contribution is 7.99. The van der Waals surface area contributed by atoms with Crippen molar-refractivity contribution in [1.29, 1.82) is 0 Å². The van der Waals surface area contributed by atoms with Crippen LogP contribution < -0.4 is 11.2 Å². The Kier molecular flexibility index (Phi) is 6.99. The van der Waals surface area contributed by atoms with Crippen molar-refractivity contribution in [3.8, 4) is 0 Å². The Hall–Kier alpha value is -2.96. The molecule has 0 aliphatic carbocycles. The second-order valence-electron chi connectivity index (χ2n) is 8.88. The Morgan fingerprint density at radius 1 is 1.14 bits per heavy atom. The lowest BCUT2D eigenvalue weighted by Gasteiger charge is -2.37. The maximum Gasteiger partial charge on any atom is 0.417 e. The first-order valence-corrected chi connectivity index (χ1v) is 12.9. The summed E-state index contributed by atoms with van der Waals surface area (Å²) in [6, 6.07) is 9.67. The Bertz CT molecular complexity index is 1450. The molecule has 1 amide bonds. The molecule has 1 saturated heterocycles. The highest BCUT2D eigenvalue weighted by Gasteiger charge is 2.38. The minimum Gasteiger partial charge on any atom is -0.445 e. The zero-order valence-corrected chi connectivity index (χ0v) is 21.0. The van der Waals surface area contributed by atoms with Gasteiger partial charge in [0, 0.05) is 38.5 Å². The molecule has 1 fully saturated rings. The predicted molar refractivity (Wildman–Crippen MR) is 133 cm³/mol. The van der Waals surface area contributed by atoms with E-state index in [4.69, 9.17) is 16.3 Å². The number of thioether (sulfide) groups is 1. The van der Waals surface area contributed by atoms with Gasteiger partial charge in [0.15, 0.2) is 0 Å². The predicted octanol–water partition coefficient (Wildman–Crippen LogP) is 3.96. The van der Waals surface area contributed by atoms with E-state index in [0.29, 0.717) is 44.5 Å². The number of piperazine rings is 1. The van der Waals surface area contributed by atoms with Crippen LogP contribution in [0, 0.1) is 0 Å². The number of nitrogens with one attached hydrogen (secondary N) is 1. The third kappa shape index (κ3) is 5.10. The SMILES string of the molecule is O=C(OCc1ccccc1)N1CCN(C[C@H]2CSc3c(Cl)c(C(F)(F)F)cc4c(=O)[nH]c(=O)n2c34)CC1. The van der Waals surface area contributed by atoms with Crippen LogP contribution in [-0.2, 0) is 17.5 Å². The molecule has 0 spiro atoms. The summed E-state index contributed by atoms with van der Waals surface area (Å²) < 4.78 is 47.3. The molecule has 2 aromatic carbocycles. The van der Waals surface area contributed by atoms with E-state index in [1.54, 1.807) is 4.90 Å². The molecule has 2 aliphatic heterocycles. The number of carbonyl (C=O) groups is 1. The third-order valence-electron chi connectivity index (χ3n) is 6.51. The van der Waals surface area contributed by atoms with E-state index in [2.05, 4.69) is 9.88 Å². The number of alkyl halides is 3. The van der Waals surface area contributed by atoms with E-state index < -0.39 is 40.1 Å². The first-order valence-electron chi connectivity index (χ1n) is 11.5. The molecule has 196 valence electrons. The first kappa shape index (κ1) is 25.7. The van der Waals surface area contributed by atoms with Crippen LogP contribution >= 0.6 is 23.4 Å². The zero-order chi connectivity index (χ0) is 26.3. The molecule has 0 radical (unpaired) electrons. The lowest BCUT2D eigenvalue weighted by atomic mass is 10.1. The van der Waals surface area contributed by atoms with Gasteiger partial charge in [-0.1, -0.05) is 41.9 Å². The minimum atomic E-state index is -4.74. The number of hydrogen-bond donors (Lipinski definition) is 1. The Labute approximate surface area is 217 Å². The maximum absolute atomic E-state index is 13.5. The lowest BCUT2D eigenvalue weighted by molar-refractivity contribution is -0.137. The Balaban J connectivity index is 1.31. The van der Waals surface area contributed by atoms with E-state index in [0.717, 1.165) is 17.3 Å². The molecule has 3 aromatic rings. The summed E-state index contributed by atoms with van der Waals surface area (Å²) in [5, 5.41) is -0.737. The van der Waals surface area contributed by atoms with Crippen LogP contribution in [0.2, 0.25) is 5.02 Å². The Morgan fingerprint density at radius 2 is 1.84 bits per heavy atom. The second-order valence-corrected chi connectivity index (χ2v) is 10.3. The van der Waals surface area contributed by atoms with Gasteiger partial charge >= 0.3 is 18.0 Å². The standard InChI is InChI=1S/C24H22ClF3N4O4S/c25-18-17(24(26,27)28)10-16-19-20(18)37-13-15(32(19)22(34)29-21(16)33)11-30-6-8-31(9-7-30)23(35)36-12-14-4-2-1-3-5-14/h1-5,10,15H,6-9,11-13H2,(H,29,33,34)/t15-/m0/s1. The molecule has 5 rings (SSSR count). The number of carbonyl (C=O) groups excluding carboxylic acids is 1. The average Bonchev–Trinajstić information content (AvgIpc) is 2.87. The Morgan fingerprint density at radius 3 is 2.51 bits per heavy atom. The number of H-pyrrole nitrogens is 1. The summed E-state index contributed by atoms with van der Waals surface area (Å²) in [4.78, 5) is 43.6. The topological polar surface area (TPSA) is 87.6 Å². The van der Waals surface area contributed by atoms with Crippen molar-refractivity contribution < 1.29 is 22.7 Å². The number of ether oxygens (including phenoxy) is 1. The fourth-order valence-electron chi connectivity index (χ4n) is 4.66. The van der Waals surface area contributed by atoms with Gasteiger partial charge < -0.3 is 9.64 Å². The molecule has 37 heavy (non-hydrogen) atoms. The summed E-state index contributed by atoms with van der Waals surface area (Å²) in [7, 11) is 0. The van der Waals surface area contributed by atoms with Gasteiger partial charge in [-0.3, -0.25) is 19.2 Å². The van der Waals surface area contributed by atoms with Crippen molar-refractivity contribution >= 4 is 40.4 Å². The number of hydrogen-bond acceptors (Lipinski definition) is 6. The molecule has 1 N–H and O–H groups in total. The van der Waals surface area contributed by atoms with Crippen molar-refractivity contribution in [2.45, 2.75) is 23.7 Å². The summed E-state index contributed by atoms with van der Waals surface area (Å²) in [6.07, 6.45) is -5.14. The number of benzene rings is 2. The zero-order valence-electron chi connectivity index (χ0n) is 19.4. The highest BCUT2D eigenvalue weighted by Crippen LogP contribution is 2.45. The molecule has 2 aliphatic rings. The molecule has 8 nitrogen and oxygen atoms in total. The minimum absolute atomic E-state index is 0.0805. The summed E-state index contributed by atoms with van der Waals surface area (Å²) in [6.45, 7) is 2.52. The smallest absolute Gasteiger partial charge is 0.417 e. The fourth-order valence-corrected chi connectivity index (χ4v) is 6.27. The number of rotatable bonds is 4. The van der Waals surface area contributed by atoms with Gasteiger partial charge in [0.1, 0.15) is 6.61 Å². The van der Waals surface area contributed by atoms with Crippen molar-refractivity contribution in [2.24, 2.45) is 0 Å². The van der Waals surface area contributed by atoms with Crippen LogP contribution in [0.15, 0.2) is 50.9 Å². The van der Waals surface area contributed by atoms with Crippen molar-refractivity contribution in [2.75, 3.05) is 38.5 Å². The summed E-state index contributed by atoms with van der Waals surface area (Å²) in [5.74, 6) is 0.300. The largest absolute Gasteiger partial charge is 0.445 e. The van der Waals surface area contributed by atoms with Gasteiger partial charge in [-0.25, -0.2) is 9.59 Å². The van der Waals surface area contributed by atoms with Crippen LogP contribution in [0.5, 0.6) is 0 Å². The maximum atomic E-state index is 13.5. The van der Waals surface area contributed by atoms with Crippen molar-refractivity contribution in [3.63, 3.8) is 0 Å². The molecule has 0 unspecified atom stereocenters. The molecule has 0 saturated carbocycles. The van der Waals surface area contributed by atoms with E-state index >= 15 is 0 Å². The van der Waals surface area contributed by atoms with Gasteiger partial charge in [0.25, 0.3) is 5.56 Å². The van der Waals surface area contributed by atoms with Gasteiger partial charge in [0.05, 0.1) is 32.4 Å². The molecular formula is C24H22ClF3N4O4S. The summed E-state index contributed by atoms with van der Waals surface area (Å²) in [5.41, 5.74) is -1.67. The normalized spacial score (nSPS) is 18.3. The average molecular weight is 555 g/mol. The van der Waals surface area contributed by atoms with Crippen LogP contribution in [0.25, 0.3) is 10.9 Å². The monoisotopic (exact) mass is 554 g/mol. The lowest BCUT2D eigenvalue weighted by Crippen LogP contribution is -2.51. The van der Waals surface area contributed by atoms with Crippen LogP contribution in [0.4, 0.5) is 18.0 Å². The molecule has 3 heterocycles. The first-order chi connectivity index (χ1) is 17.6. The number of nitrogens with zero attached hydrogens (tertiary/aromatic N) is 3. The van der Waals surface area contributed by atoms with Gasteiger partial charge in [-0.05, 0) is 11.6 Å². The third-order valence-corrected chi connectivity index (χ3v) is 8.26. The van der Waals surface area contributed by atoms with Crippen LogP contribution in [0.1, 0.15) is 17.2 Å². The van der Waals surface area contributed by atoms with Crippen LogP contribution in [-0.4, -0.2) is 63.9 Å². The van der Waals surface area contributed by atoms with Crippen molar-refractivity contribution in [1.82, 2.24) is 19.4 Å². The number of amides is 1. The molecule has 1 aromatic heterocycles. The quantitative estimate of drug-likeness (QED) is 0.525. The summed E-state index contributed by atoms with van der Waals surface area (Å²) >= 11 is 7.21. The number of aromatic nitrogens is 2. The molecule has 0 bridgehead atoms. The van der Waals surface area contributed by atoms with E-state index in [-0.39, 0.29) is 22.4 Å². The number of aromatic amines is 1. The van der Waals surface area contributed by atoms with Gasteiger partial charge in [0.2, 0.25) is 0 Å². The number of halogens is 4. The molecule has 13 heteroatoms. The van der Waals surface area contributed by atoms with Gasteiger partial charge in [-0.2, -0.15) is 13.2 Å². The fraction of sp³-hybridized carbons (Fsp3) is 0.375. The van der Waals surface area contributed by atoms with Crippen molar-refractivity contribution in [3.05, 3.63) is 73.4 Å². The molecule has 1 atom stereocenters. The van der Waals surface area contributed by atoms with E-state index in [1.165, 1.54) is 4.57 Å². The van der Waals surface area contributed by atoms with E-state index in [9.17, 15) is 27.6 Å². The van der Waals surface area contributed by atoms with Crippen LogP contribution in [0.3, 0.4) is 0 Å².